The van der Waals surface area contributed by atoms with Crippen LogP contribution in [0.2, 0.25) is 0 Å². The van der Waals surface area contributed by atoms with E-state index >= 15 is 0 Å². The fraction of sp³-hybridized carbons (Fsp3) is 0.625. The molecule has 0 aromatic carbocycles. The summed E-state index contributed by atoms with van der Waals surface area (Å²) in [7, 11) is -4.47. The molecule has 0 radical (unpaired) electrons. The Morgan fingerprint density at radius 1 is 1.38 bits per heavy atom. The number of nitrogen functional groups attached to an aromatic ring is 1. The molecule has 13 heteroatoms. The zero-order valence-corrected chi connectivity index (χ0v) is 11.4. The minimum atomic E-state index is -4.47. The van der Waals surface area contributed by atoms with Gasteiger partial charge in [0.25, 0.3) is 0 Å². The van der Waals surface area contributed by atoms with Gasteiger partial charge in [0.1, 0.15) is 0 Å². The molecule has 2 aliphatic rings. The van der Waals surface area contributed by atoms with Gasteiger partial charge in [0, 0.05) is 6.54 Å². The van der Waals surface area contributed by atoms with Crippen molar-refractivity contribution in [1.29, 1.82) is 0 Å². The SMILES string of the molecule is NOS(=O)(=O)ON1C(=O)N2CC1CCC2c1noc(N)n1. The Bertz CT molecular complexity index is 660. The van der Waals surface area contributed by atoms with Crippen molar-refractivity contribution in [2.45, 2.75) is 24.9 Å². The lowest BCUT2D eigenvalue weighted by molar-refractivity contribution is -0.0366. The van der Waals surface area contributed by atoms with Crippen molar-refractivity contribution in [2.75, 3.05) is 12.3 Å². The first-order chi connectivity index (χ1) is 9.91. The molecule has 2 aliphatic heterocycles. The van der Waals surface area contributed by atoms with Gasteiger partial charge in [-0.15, -0.1) is 4.28 Å². The van der Waals surface area contributed by atoms with E-state index in [1.807, 2.05) is 0 Å². The summed E-state index contributed by atoms with van der Waals surface area (Å²) in [5.74, 6) is 4.84. The van der Waals surface area contributed by atoms with Gasteiger partial charge in [-0.25, -0.2) is 4.79 Å². The van der Waals surface area contributed by atoms with E-state index in [0.29, 0.717) is 12.8 Å². The quantitative estimate of drug-likeness (QED) is 0.633. The molecule has 2 amide bonds. The topological polar surface area (TPSA) is 167 Å². The first-order valence-corrected chi connectivity index (χ1v) is 7.26. The van der Waals surface area contributed by atoms with Crippen LogP contribution in [0.3, 0.4) is 0 Å². The van der Waals surface area contributed by atoms with Crippen molar-refractivity contribution in [2.24, 2.45) is 5.90 Å². The average Bonchev–Trinajstić information content (AvgIpc) is 2.98. The number of nitrogens with two attached hydrogens (primary N) is 2. The molecule has 116 valence electrons. The van der Waals surface area contributed by atoms with Crippen molar-refractivity contribution in [3.05, 3.63) is 5.82 Å². The van der Waals surface area contributed by atoms with Crippen LogP contribution in [-0.4, -0.2) is 47.1 Å². The molecule has 2 fully saturated rings. The van der Waals surface area contributed by atoms with E-state index in [2.05, 4.69) is 29.1 Å². The highest BCUT2D eigenvalue weighted by molar-refractivity contribution is 7.81. The zero-order valence-electron chi connectivity index (χ0n) is 10.6. The number of aromatic nitrogens is 2. The van der Waals surface area contributed by atoms with Crippen molar-refractivity contribution in [3.8, 4) is 0 Å². The number of hydrogen-bond donors (Lipinski definition) is 2. The second-order valence-electron chi connectivity index (χ2n) is 4.58. The fourth-order valence-corrected chi connectivity index (χ4v) is 2.91. The monoisotopic (exact) mass is 320 g/mol. The maximum absolute atomic E-state index is 12.2. The molecule has 0 aliphatic carbocycles. The highest BCUT2D eigenvalue weighted by Crippen LogP contribution is 2.37. The number of rotatable bonds is 4. The van der Waals surface area contributed by atoms with Gasteiger partial charge in [-0.3, -0.25) is 0 Å². The van der Waals surface area contributed by atoms with Gasteiger partial charge in [-0.2, -0.15) is 28.6 Å². The molecule has 21 heavy (non-hydrogen) atoms. The number of hydrogen-bond acceptors (Lipinski definition) is 10. The summed E-state index contributed by atoms with van der Waals surface area (Å²) in [6.45, 7) is 0.262. The number of nitrogens with zero attached hydrogens (tertiary/aromatic N) is 4. The molecular formula is C8H12N6O6S. The molecule has 2 bridgehead atoms. The highest BCUT2D eigenvalue weighted by Gasteiger charge is 2.49. The molecule has 2 atom stereocenters. The number of amides is 2. The number of piperidine rings is 1. The van der Waals surface area contributed by atoms with Gasteiger partial charge in [-0.1, -0.05) is 5.16 Å². The maximum atomic E-state index is 12.2. The average molecular weight is 320 g/mol. The number of hydroxylamine groups is 2. The van der Waals surface area contributed by atoms with E-state index in [9.17, 15) is 13.2 Å². The van der Waals surface area contributed by atoms with Gasteiger partial charge < -0.3 is 15.2 Å². The number of fused-ring (bicyclic) bond motifs is 2. The number of anilines is 1. The Morgan fingerprint density at radius 3 is 2.76 bits per heavy atom. The van der Waals surface area contributed by atoms with Crippen LogP contribution < -0.4 is 11.6 Å². The summed E-state index contributed by atoms with van der Waals surface area (Å²) >= 11 is 0. The van der Waals surface area contributed by atoms with E-state index in [1.165, 1.54) is 4.90 Å². The van der Waals surface area contributed by atoms with Gasteiger partial charge in [-0.05, 0) is 12.8 Å². The number of urea groups is 1. The third-order valence-electron chi connectivity index (χ3n) is 3.37. The summed E-state index contributed by atoms with van der Waals surface area (Å²) < 4.78 is 35.3. The van der Waals surface area contributed by atoms with Gasteiger partial charge in [0.2, 0.25) is 0 Å². The molecule has 0 spiro atoms. The first-order valence-electron chi connectivity index (χ1n) is 5.93. The molecule has 3 heterocycles. The molecular weight excluding hydrogens is 308 g/mol. The third kappa shape index (κ3) is 2.39. The molecule has 2 unspecified atom stereocenters. The van der Waals surface area contributed by atoms with Crippen LogP contribution in [-0.2, 0) is 19.0 Å². The largest absolute Gasteiger partial charge is 0.437 e. The van der Waals surface area contributed by atoms with Crippen LogP contribution in [0.15, 0.2) is 4.52 Å². The lowest BCUT2D eigenvalue weighted by atomic mass is 10.0. The Morgan fingerprint density at radius 2 is 2.14 bits per heavy atom. The molecule has 12 nitrogen and oxygen atoms in total. The molecule has 1 aromatic rings. The molecule has 3 rings (SSSR count). The highest BCUT2D eigenvalue weighted by atomic mass is 32.3. The van der Waals surface area contributed by atoms with E-state index in [0.717, 1.165) is 5.06 Å². The number of carbonyl (C=O) groups is 1. The third-order valence-corrected chi connectivity index (χ3v) is 3.95. The molecule has 4 N–H and O–H groups in total. The van der Waals surface area contributed by atoms with Crippen molar-refractivity contribution in [3.63, 3.8) is 0 Å². The molecule has 2 saturated heterocycles. The predicted molar refractivity (Wildman–Crippen MR) is 63.7 cm³/mol. The minimum absolute atomic E-state index is 0.106. The maximum Gasteiger partial charge on any atom is 0.437 e. The smallest absolute Gasteiger partial charge is 0.351 e. The molecule has 1 aromatic heterocycles. The lowest BCUT2D eigenvalue weighted by Crippen LogP contribution is -2.36. The van der Waals surface area contributed by atoms with Crippen LogP contribution in [0, 0.1) is 0 Å². The molecule has 0 saturated carbocycles. The van der Waals surface area contributed by atoms with Crippen LogP contribution in [0.1, 0.15) is 24.7 Å². The summed E-state index contributed by atoms with van der Waals surface area (Å²) in [5.41, 5.74) is 5.36. The summed E-state index contributed by atoms with van der Waals surface area (Å²) in [6, 6.07) is -1.63. The minimum Gasteiger partial charge on any atom is -0.351 e. The van der Waals surface area contributed by atoms with Gasteiger partial charge in [0.15, 0.2) is 5.82 Å². The Balaban J connectivity index is 1.82. The second-order valence-corrected chi connectivity index (χ2v) is 5.74. The van der Waals surface area contributed by atoms with Crippen molar-refractivity contribution >= 4 is 22.4 Å². The Kier molecular flexibility index (Phi) is 3.20. The van der Waals surface area contributed by atoms with Gasteiger partial charge >= 0.3 is 22.4 Å². The van der Waals surface area contributed by atoms with Crippen LogP contribution in [0.25, 0.3) is 0 Å². The summed E-state index contributed by atoms with van der Waals surface area (Å²) in [6.07, 6.45) is 1.00. The van der Waals surface area contributed by atoms with Crippen molar-refractivity contribution < 1.29 is 26.3 Å². The van der Waals surface area contributed by atoms with Crippen LogP contribution in [0.5, 0.6) is 0 Å². The van der Waals surface area contributed by atoms with Crippen LogP contribution in [0.4, 0.5) is 10.8 Å². The van der Waals surface area contributed by atoms with Crippen molar-refractivity contribution in [1.82, 2.24) is 20.1 Å². The first kappa shape index (κ1) is 14.0. The summed E-state index contributed by atoms with van der Waals surface area (Å²) in [5, 5.41) is 4.41. The van der Waals surface area contributed by atoms with E-state index in [4.69, 9.17) is 5.73 Å². The van der Waals surface area contributed by atoms with E-state index in [1.54, 1.807) is 0 Å². The lowest BCUT2D eigenvalue weighted by Gasteiger charge is -2.27. The number of carbonyl (C=O) groups excluding carboxylic acids is 1. The Hall–Kier alpha value is -1.96. The van der Waals surface area contributed by atoms with E-state index < -0.39 is 28.5 Å². The summed E-state index contributed by atoms with van der Waals surface area (Å²) in [4.78, 5) is 17.5. The zero-order chi connectivity index (χ0) is 15.2. The fourth-order valence-electron chi connectivity index (χ4n) is 2.50. The Labute approximate surface area is 118 Å². The predicted octanol–water partition coefficient (Wildman–Crippen LogP) is -1.34. The normalized spacial score (nSPS) is 25.7. The van der Waals surface area contributed by atoms with Gasteiger partial charge in [0.05, 0.1) is 12.1 Å². The van der Waals surface area contributed by atoms with Crippen LogP contribution >= 0.6 is 0 Å². The second kappa shape index (κ2) is 4.80. The van der Waals surface area contributed by atoms with E-state index in [-0.39, 0.29) is 18.4 Å². The standard InChI is InChI=1S/C8H12N6O6S/c9-7-11-6(12-18-7)5-2-1-4-3-13(5)8(15)14(4)20-21(16,17)19-10/h4-5H,1-3,10H2,(H2,9,11,12).